The quantitative estimate of drug-likeness (QED) is 0.574. The largest absolute Gasteiger partial charge is 0.361 e. The molecule has 0 aliphatic heterocycles. The molecule has 0 bridgehead atoms. The van der Waals surface area contributed by atoms with Crippen LogP contribution in [0.25, 0.3) is 10.9 Å². The SMILES string of the molecule is Cc1csc(CC(=O)N/N=C/c2c[nH]c3ccccc23)n1. The molecule has 0 unspecified atom stereocenters. The average molecular weight is 298 g/mol. The average Bonchev–Trinajstić information content (AvgIpc) is 3.06. The highest BCUT2D eigenvalue weighted by molar-refractivity contribution is 7.09. The van der Waals surface area contributed by atoms with Crippen molar-refractivity contribution in [1.29, 1.82) is 0 Å². The number of carbonyl (C=O) groups is 1. The Labute approximate surface area is 125 Å². The summed E-state index contributed by atoms with van der Waals surface area (Å²) >= 11 is 1.48. The molecule has 6 heteroatoms. The molecule has 1 aromatic carbocycles. The van der Waals surface area contributed by atoms with Crippen LogP contribution in [0.2, 0.25) is 0 Å². The molecule has 0 aliphatic rings. The number of aromatic amines is 1. The van der Waals surface area contributed by atoms with E-state index in [4.69, 9.17) is 0 Å². The van der Waals surface area contributed by atoms with Crippen LogP contribution in [-0.4, -0.2) is 22.1 Å². The van der Waals surface area contributed by atoms with Crippen LogP contribution in [-0.2, 0) is 11.2 Å². The maximum atomic E-state index is 11.7. The van der Waals surface area contributed by atoms with Gasteiger partial charge in [0.25, 0.3) is 0 Å². The number of hydrogen-bond acceptors (Lipinski definition) is 4. The monoisotopic (exact) mass is 298 g/mol. The minimum Gasteiger partial charge on any atom is -0.361 e. The van der Waals surface area contributed by atoms with Gasteiger partial charge in [-0.3, -0.25) is 4.79 Å². The number of hydrogen-bond donors (Lipinski definition) is 2. The Bertz CT molecular complexity index is 803. The molecule has 0 spiro atoms. The minimum atomic E-state index is -0.166. The molecule has 1 amide bonds. The van der Waals surface area contributed by atoms with Gasteiger partial charge in [-0.2, -0.15) is 5.10 Å². The summed E-state index contributed by atoms with van der Waals surface area (Å²) in [7, 11) is 0. The standard InChI is InChI=1S/C15H14N4OS/c1-10-9-21-15(18-10)6-14(20)19-17-8-11-7-16-13-5-3-2-4-12(11)13/h2-5,7-9,16H,6H2,1H3,(H,19,20)/b17-8+. The smallest absolute Gasteiger partial charge is 0.246 e. The Balaban J connectivity index is 1.63. The van der Waals surface area contributed by atoms with Gasteiger partial charge in [-0.25, -0.2) is 10.4 Å². The molecule has 5 nitrogen and oxygen atoms in total. The molecule has 21 heavy (non-hydrogen) atoms. The predicted octanol–water partition coefficient (Wildman–Crippen LogP) is 2.63. The Morgan fingerprint density at radius 2 is 2.33 bits per heavy atom. The Hall–Kier alpha value is -2.47. The van der Waals surface area contributed by atoms with Gasteiger partial charge in [-0.05, 0) is 13.0 Å². The summed E-state index contributed by atoms with van der Waals surface area (Å²) < 4.78 is 0. The molecule has 2 aromatic heterocycles. The number of fused-ring (bicyclic) bond motifs is 1. The molecule has 2 heterocycles. The molecule has 0 fully saturated rings. The topological polar surface area (TPSA) is 70.1 Å². The lowest BCUT2D eigenvalue weighted by molar-refractivity contribution is -0.120. The third-order valence-electron chi connectivity index (χ3n) is 2.99. The zero-order valence-electron chi connectivity index (χ0n) is 11.5. The Morgan fingerprint density at radius 1 is 1.48 bits per heavy atom. The first-order chi connectivity index (χ1) is 10.2. The second-order valence-corrected chi connectivity index (χ2v) is 5.58. The van der Waals surface area contributed by atoms with Crippen molar-refractivity contribution in [3.63, 3.8) is 0 Å². The second kappa shape index (κ2) is 5.88. The molecule has 3 aromatic rings. The van der Waals surface area contributed by atoms with Crippen molar-refractivity contribution in [3.8, 4) is 0 Å². The number of nitrogens with zero attached hydrogens (tertiary/aromatic N) is 2. The molecule has 3 rings (SSSR count). The van der Waals surface area contributed by atoms with Gasteiger partial charge in [0.2, 0.25) is 5.91 Å². The van der Waals surface area contributed by atoms with Crippen molar-refractivity contribution < 1.29 is 4.79 Å². The van der Waals surface area contributed by atoms with Crippen molar-refractivity contribution in [2.45, 2.75) is 13.3 Å². The number of aromatic nitrogens is 2. The first kappa shape index (κ1) is 13.5. The number of carbonyl (C=O) groups excluding carboxylic acids is 1. The summed E-state index contributed by atoms with van der Waals surface area (Å²) in [5.41, 5.74) is 5.45. The highest BCUT2D eigenvalue weighted by atomic mass is 32.1. The van der Waals surface area contributed by atoms with Gasteiger partial charge < -0.3 is 4.98 Å². The van der Waals surface area contributed by atoms with E-state index in [9.17, 15) is 4.79 Å². The number of rotatable bonds is 4. The number of amides is 1. The third kappa shape index (κ3) is 3.17. The van der Waals surface area contributed by atoms with Crippen LogP contribution >= 0.6 is 11.3 Å². The second-order valence-electron chi connectivity index (χ2n) is 4.64. The van der Waals surface area contributed by atoms with E-state index >= 15 is 0 Å². The van der Waals surface area contributed by atoms with Crippen molar-refractivity contribution in [3.05, 3.63) is 52.1 Å². The van der Waals surface area contributed by atoms with Crippen molar-refractivity contribution in [2.75, 3.05) is 0 Å². The van der Waals surface area contributed by atoms with Crippen LogP contribution in [0, 0.1) is 6.92 Å². The zero-order chi connectivity index (χ0) is 14.7. The fraction of sp³-hybridized carbons (Fsp3) is 0.133. The van der Waals surface area contributed by atoms with Gasteiger partial charge in [0.15, 0.2) is 0 Å². The van der Waals surface area contributed by atoms with Crippen molar-refractivity contribution in [1.82, 2.24) is 15.4 Å². The first-order valence-corrected chi connectivity index (χ1v) is 7.39. The number of hydrazone groups is 1. The van der Waals surface area contributed by atoms with E-state index in [0.717, 1.165) is 27.2 Å². The van der Waals surface area contributed by atoms with Crippen LogP contribution < -0.4 is 5.43 Å². The van der Waals surface area contributed by atoms with E-state index in [0.29, 0.717) is 0 Å². The molecule has 0 atom stereocenters. The van der Waals surface area contributed by atoms with Gasteiger partial charge in [-0.1, -0.05) is 18.2 Å². The minimum absolute atomic E-state index is 0.166. The number of aryl methyl sites for hydroxylation is 1. The normalized spacial score (nSPS) is 11.3. The summed E-state index contributed by atoms with van der Waals surface area (Å²) in [6.45, 7) is 1.91. The highest BCUT2D eigenvalue weighted by Gasteiger charge is 2.05. The van der Waals surface area contributed by atoms with E-state index in [1.54, 1.807) is 6.21 Å². The maximum Gasteiger partial charge on any atom is 0.246 e. The number of thiazole rings is 1. The number of para-hydroxylation sites is 1. The van der Waals surface area contributed by atoms with E-state index in [1.807, 2.05) is 42.8 Å². The predicted molar refractivity (Wildman–Crippen MR) is 84.6 cm³/mol. The van der Waals surface area contributed by atoms with Crippen molar-refractivity contribution in [2.24, 2.45) is 5.10 Å². The van der Waals surface area contributed by atoms with Gasteiger partial charge in [-0.15, -0.1) is 11.3 Å². The molecule has 0 radical (unpaired) electrons. The lowest BCUT2D eigenvalue weighted by Crippen LogP contribution is -2.19. The van der Waals surface area contributed by atoms with Gasteiger partial charge in [0.05, 0.1) is 12.6 Å². The Kier molecular flexibility index (Phi) is 3.79. The van der Waals surface area contributed by atoms with E-state index in [-0.39, 0.29) is 12.3 Å². The third-order valence-corrected chi connectivity index (χ3v) is 3.96. The summed E-state index contributed by atoms with van der Waals surface area (Å²) in [6.07, 6.45) is 3.76. The van der Waals surface area contributed by atoms with Gasteiger partial charge in [0.1, 0.15) is 5.01 Å². The molecular formula is C15H14N4OS. The van der Waals surface area contributed by atoms with Gasteiger partial charge >= 0.3 is 0 Å². The molecule has 2 N–H and O–H groups in total. The zero-order valence-corrected chi connectivity index (χ0v) is 12.3. The Morgan fingerprint density at radius 3 is 3.14 bits per heavy atom. The van der Waals surface area contributed by atoms with Crippen LogP contribution in [0.3, 0.4) is 0 Å². The van der Waals surface area contributed by atoms with E-state index < -0.39 is 0 Å². The molecular weight excluding hydrogens is 284 g/mol. The van der Waals surface area contributed by atoms with E-state index in [1.165, 1.54) is 11.3 Å². The number of benzene rings is 1. The summed E-state index contributed by atoms with van der Waals surface area (Å²) in [4.78, 5) is 19.2. The highest BCUT2D eigenvalue weighted by Crippen LogP contribution is 2.15. The summed E-state index contributed by atoms with van der Waals surface area (Å²) in [6, 6.07) is 7.94. The summed E-state index contributed by atoms with van der Waals surface area (Å²) in [5, 5.41) is 7.80. The first-order valence-electron chi connectivity index (χ1n) is 6.51. The number of H-pyrrole nitrogens is 1. The molecule has 0 aliphatic carbocycles. The molecule has 0 saturated carbocycles. The maximum absolute atomic E-state index is 11.7. The lowest BCUT2D eigenvalue weighted by Gasteiger charge is -1.96. The fourth-order valence-electron chi connectivity index (χ4n) is 2.04. The molecule has 106 valence electrons. The van der Waals surface area contributed by atoms with Crippen LogP contribution in [0.15, 0.2) is 40.9 Å². The molecule has 0 saturated heterocycles. The van der Waals surface area contributed by atoms with Crippen molar-refractivity contribution >= 4 is 34.4 Å². The van der Waals surface area contributed by atoms with Gasteiger partial charge in [0, 0.05) is 33.7 Å². The van der Waals surface area contributed by atoms with E-state index in [2.05, 4.69) is 20.5 Å². The van der Waals surface area contributed by atoms with Crippen LogP contribution in [0.4, 0.5) is 0 Å². The van der Waals surface area contributed by atoms with Crippen LogP contribution in [0.1, 0.15) is 16.3 Å². The lowest BCUT2D eigenvalue weighted by atomic mass is 10.2. The summed E-state index contributed by atoms with van der Waals surface area (Å²) in [5.74, 6) is -0.166. The van der Waals surface area contributed by atoms with Crippen LogP contribution in [0.5, 0.6) is 0 Å². The number of nitrogens with one attached hydrogen (secondary N) is 2. The fourth-order valence-corrected chi connectivity index (χ4v) is 2.81.